The van der Waals surface area contributed by atoms with Gasteiger partial charge in [-0.15, -0.1) is 0 Å². The van der Waals surface area contributed by atoms with E-state index in [2.05, 4.69) is 26.3 Å². The van der Waals surface area contributed by atoms with Crippen molar-refractivity contribution in [1.29, 1.82) is 0 Å². The molecular weight excluding hydrogens is 347 g/mol. The number of nitrogens with two attached hydrogens (primary N) is 1. The van der Waals surface area contributed by atoms with E-state index in [1.165, 1.54) is 6.07 Å². The molecule has 1 heterocycles. The molecule has 2 aromatic rings. The lowest BCUT2D eigenvalue weighted by Crippen LogP contribution is -2.30. The van der Waals surface area contributed by atoms with Gasteiger partial charge in [-0.2, -0.15) is 13.2 Å². The van der Waals surface area contributed by atoms with Gasteiger partial charge in [-0.05, 0) is 46.1 Å². The molecule has 7 heteroatoms. The zero-order chi connectivity index (χ0) is 15.5. The molecule has 0 aliphatic carbocycles. The molecule has 1 unspecified atom stereocenters. The molecule has 0 bridgehead atoms. The predicted octanol–water partition coefficient (Wildman–Crippen LogP) is 3.61. The van der Waals surface area contributed by atoms with Gasteiger partial charge in [-0.25, -0.2) is 0 Å². The molecule has 0 spiro atoms. The molecule has 1 aromatic carbocycles. The number of hydrogen-bond donors (Lipinski definition) is 2. The van der Waals surface area contributed by atoms with Gasteiger partial charge in [-0.1, -0.05) is 18.2 Å². The molecule has 112 valence electrons. The molecule has 3 N–H and O–H groups in total. The molecule has 0 aliphatic heterocycles. The van der Waals surface area contributed by atoms with Crippen molar-refractivity contribution >= 4 is 15.9 Å². The van der Waals surface area contributed by atoms with Crippen molar-refractivity contribution in [3.8, 4) is 0 Å². The molecule has 0 fully saturated rings. The standard InChI is InChI=1S/C14H13BrF3N3/c15-11-4-5-12(20-8-11)13(21-19)7-9-2-1-3-10(6-9)14(16,17)18/h1-6,8,13,21H,7,19H2. The Morgan fingerprint density at radius 1 is 1.24 bits per heavy atom. The van der Waals surface area contributed by atoms with Gasteiger partial charge in [0.25, 0.3) is 0 Å². The first-order valence-electron chi connectivity index (χ1n) is 6.14. The highest BCUT2D eigenvalue weighted by Gasteiger charge is 2.30. The molecule has 1 aromatic heterocycles. The fourth-order valence-corrected chi connectivity index (χ4v) is 2.19. The maximum atomic E-state index is 12.7. The van der Waals surface area contributed by atoms with Gasteiger partial charge in [-0.3, -0.25) is 16.3 Å². The average Bonchev–Trinajstić information content (AvgIpc) is 2.45. The number of hydrazine groups is 1. The molecule has 3 nitrogen and oxygen atoms in total. The Hall–Kier alpha value is -1.44. The number of hydrogen-bond acceptors (Lipinski definition) is 3. The number of rotatable bonds is 4. The molecule has 0 saturated heterocycles. The Balaban J connectivity index is 2.21. The number of halogens is 4. The normalized spacial score (nSPS) is 13.2. The summed E-state index contributed by atoms with van der Waals surface area (Å²) in [5, 5.41) is 0. The van der Waals surface area contributed by atoms with Gasteiger partial charge in [0.15, 0.2) is 0 Å². The number of nitrogens with zero attached hydrogens (tertiary/aromatic N) is 1. The number of benzene rings is 1. The van der Waals surface area contributed by atoms with Crippen molar-refractivity contribution < 1.29 is 13.2 Å². The highest BCUT2D eigenvalue weighted by atomic mass is 79.9. The van der Waals surface area contributed by atoms with Crippen LogP contribution in [-0.2, 0) is 12.6 Å². The minimum atomic E-state index is -4.35. The lowest BCUT2D eigenvalue weighted by atomic mass is 10.0. The van der Waals surface area contributed by atoms with E-state index in [1.54, 1.807) is 24.4 Å². The first-order valence-corrected chi connectivity index (χ1v) is 6.93. The summed E-state index contributed by atoms with van der Waals surface area (Å²) in [4.78, 5) is 4.21. The van der Waals surface area contributed by atoms with E-state index in [9.17, 15) is 13.2 Å². The van der Waals surface area contributed by atoms with Gasteiger partial charge < -0.3 is 0 Å². The van der Waals surface area contributed by atoms with Crippen LogP contribution in [0.2, 0.25) is 0 Å². The summed E-state index contributed by atoms with van der Waals surface area (Å²) >= 11 is 3.28. The summed E-state index contributed by atoms with van der Waals surface area (Å²) in [7, 11) is 0. The molecular formula is C14H13BrF3N3. The molecule has 0 aliphatic rings. The van der Waals surface area contributed by atoms with Crippen LogP contribution >= 0.6 is 15.9 Å². The smallest absolute Gasteiger partial charge is 0.271 e. The summed E-state index contributed by atoms with van der Waals surface area (Å²) in [5.74, 6) is 5.49. The Labute approximate surface area is 128 Å². The Kier molecular flexibility index (Phi) is 4.97. The van der Waals surface area contributed by atoms with Gasteiger partial charge in [0.2, 0.25) is 0 Å². The highest BCUT2D eigenvalue weighted by molar-refractivity contribution is 9.10. The first-order chi connectivity index (χ1) is 9.90. The molecule has 1 atom stereocenters. The van der Waals surface area contributed by atoms with Crippen molar-refractivity contribution in [1.82, 2.24) is 10.4 Å². The fourth-order valence-electron chi connectivity index (χ4n) is 1.95. The van der Waals surface area contributed by atoms with Crippen LogP contribution in [0.5, 0.6) is 0 Å². The van der Waals surface area contributed by atoms with Gasteiger partial charge in [0.05, 0.1) is 17.3 Å². The van der Waals surface area contributed by atoms with E-state index in [1.807, 2.05) is 0 Å². The van der Waals surface area contributed by atoms with Crippen molar-refractivity contribution in [3.63, 3.8) is 0 Å². The summed E-state index contributed by atoms with van der Waals surface area (Å²) in [6.07, 6.45) is -2.42. The number of nitrogens with one attached hydrogen (secondary N) is 1. The van der Waals surface area contributed by atoms with Crippen LogP contribution in [0.25, 0.3) is 0 Å². The predicted molar refractivity (Wildman–Crippen MR) is 77.1 cm³/mol. The lowest BCUT2D eigenvalue weighted by molar-refractivity contribution is -0.137. The van der Waals surface area contributed by atoms with Gasteiger partial charge >= 0.3 is 6.18 Å². The summed E-state index contributed by atoms with van der Waals surface area (Å²) < 4.78 is 38.9. The Morgan fingerprint density at radius 3 is 2.57 bits per heavy atom. The molecule has 0 saturated carbocycles. The maximum absolute atomic E-state index is 12.7. The quantitative estimate of drug-likeness (QED) is 0.647. The highest BCUT2D eigenvalue weighted by Crippen LogP contribution is 2.30. The van der Waals surface area contributed by atoms with Crippen molar-refractivity contribution in [2.45, 2.75) is 18.6 Å². The third-order valence-corrected chi connectivity index (χ3v) is 3.47. The Morgan fingerprint density at radius 2 is 2.00 bits per heavy atom. The van der Waals surface area contributed by atoms with Crippen LogP contribution in [-0.4, -0.2) is 4.98 Å². The first kappa shape index (κ1) is 15.9. The monoisotopic (exact) mass is 359 g/mol. The van der Waals surface area contributed by atoms with Crippen LogP contribution in [0.15, 0.2) is 47.1 Å². The fraction of sp³-hybridized carbons (Fsp3) is 0.214. The zero-order valence-electron chi connectivity index (χ0n) is 10.9. The second-order valence-electron chi connectivity index (χ2n) is 4.52. The summed E-state index contributed by atoms with van der Waals surface area (Å²) in [6.45, 7) is 0. The number of aromatic nitrogens is 1. The largest absolute Gasteiger partial charge is 0.416 e. The van der Waals surface area contributed by atoms with Crippen LogP contribution in [0.3, 0.4) is 0 Å². The van der Waals surface area contributed by atoms with E-state index in [0.717, 1.165) is 16.6 Å². The van der Waals surface area contributed by atoms with E-state index >= 15 is 0 Å². The Bertz CT molecular complexity index is 599. The summed E-state index contributed by atoms with van der Waals surface area (Å²) in [5.41, 5.74) is 3.12. The van der Waals surface area contributed by atoms with E-state index < -0.39 is 11.7 Å². The number of pyridine rings is 1. The molecule has 21 heavy (non-hydrogen) atoms. The van der Waals surface area contributed by atoms with E-state index in [4.69, 9.17) is 5.84 Å². The van der Waals surface area contributed by atoms with Crippen LogP contribution < -0.4 is 11.3 Å². The van der Waals surface area contributed by atoms with E-state index in [-0.39, 0.29) is 6.04 Å². The molecule has 2 rings (SSSR count). The van der Waals surface area contributed by atoms with Crippen molar-refractivity contribution in [2.24, 2.45) is 5.84 Å². The third kappa shape index (κ3) is 4.26. The van der Waals surface area contributed by atoms with Crippen LogP contribution in [0.1, 0.15) is 22.9 Å². The second-order valence-corrected chi connectivity index (χ2v) is 5.44. The van der Waals surface area contributed by atoms with Gasteiger partial charge in [0.1, 0.15) is 0 Å². The van der Waals surface area contributed by atoms with Crippen molar-refractivity contribution in [3.05, 3.63) is 63.9 Å². The maximum Gasteiger partial charge on any atom is 0.416 e. The minimum Gasteiger partial charge on any atom is -0.271 e. The van der Waals surface area contributed by atoms with Crippen LogP contribution in [0, 0.1) is 0 Å². The molecule has 0 amide bonds. The lowest BCUT2D eigenvalue weighted by Gasteiger charge is -2.16. The molecule has 0 radical (unpaired) electrons. The topological polar surface area (TPSA) is 50.9 Å². The average molecular weight is 360 g/mol. The second kappa shape index (κ2) is 6.55. The zero-order valence-corrected chi connectivity index (χ0v) is 12.4. The SMILES string of the molecule is NNC(Cc1cccc(C(F)(F)F)c1)c1ccc(Br)cn1. The minimum absolute atomic E-state index is 0.315. The van der Waals surface area contributed by atoms with Crippen LogP contribution in [0.4, 0.5) is 13.2 Å². The van der Waals surface area contributed by atoms with Crippen molar-refractivity contribution in [2.75, 3.05) is 0 Å². The van der Waals surface area contributed by atoms with Gasteiger partial charge in [0, 0.05) is 10.7 Å². The number of alkyl halides is 3. The summed E-state index contributed by atoms with van der Waals surface area (Å²) in [6, 6.07) is 8.41. The third-order valence-electron chi connectivity index (χ3n) is 3.00. The van der Waals surface area contributed by atoms with E-state index in [0.29, 0.717) is 17.7 Å².